The molecular formula is C11H22O2. The van der Waals surface area contributed by atoms with Gasteiger partial charge in [-0.2, -0.15) is 0 Å². The van der Waals surface area contributed by atoms with Crippen LogP contribution in [0.25, 0.3) is 0 Å². The van der Waals surface area contributed by atoms with Gasteiger partial charge in [0.2, 0.25) is 0 Å². The van der Waals surface area contributed by atoms with Crippen molar-refractivity contribution < 1.29 is 9.90 Å². The third-order valence-electron chi connectivity index (χ3n) is 2.35. The number of hydrogen-bond donors (Lipinski definition) is 1. The molecule has 0 aromatic carbocycles. The Balaban J connectivity index is 3.88. The Morgan fingerprint density at radius 3 is 2.38 bits per heavy atom. The van der Waals surface area contributed by atoms with Crippen molar-refractivity contribution in [3.8, 4) is 0 Å². The van der Waals surface area contributed by atoms with Gasteiger partial charge in [0.15, 0.2) is 0 Å². The maximum Gasteiger partial charge on any atom is 0.303 e. The first-order valence-corrected chi connectivity index (χ1v) is 5.09. The minimum atomic E-state index is -0.681. The Morgan fingerprint density at radius 2 is 2.00 bits per heavy atom. The Kier molecular flexibility index (Phi) is 5.04. The summed E-state index contributed by atoms with van der Waals surface area (Å²) in [5.74, 6) is -0.390. The molecule has 0 aromatic heterocycles. The van der Waals surface area contributed by atoms with Crippen molar-refractivity contribution >= 4 is 5.97 Å². The van der Waals surface area contributed by atoms with Crippen molar-refractivity contribution in [1.82, 2.24) is 0 Å². The zero-order valence-corrected chi connectivity index (χ0v) is 9.26. The van der Waals surface area contributed by atoms with E-state index in [1.807, 2.05) is 6.92 Å². The number of hydrogen-bond acceptors (Lipinski definition) is 1. The SMILES string of the molecule is CCCC(C)(C)CC(C)CC(=O)O. The highest BCUT2D eigenvalue weighted by atomic mass is 16.4. The van der Waals surface area contributed by atoms with E-state index in [0.29, 0.717) is 17.8 Å². The first-order valence-electron chi connectivity index (χ1n) is 5.09. The topological polar surface area (TPSA) is 37.3 Å². The third kappa shape index (κ3) is 6.62. The number of carbonyl (C=O) groups is 1. The van der Waals surface area contributed by atoms with E-state index in [1.165, 1.54) is 12.8 Å². The van der Waals surface area contributed by atoms with Crippen LogP contribution in [0.5, 0.6) is 0 Å². The molecule has 13 heavy (non-hydrogen) atoms. The zero-order chi connectivity index (χ0) is 10.5. The van der Waals surface area contributed by atoms with E-state index < -0.39 is 5.97 Å². The summed E-state index contributed by atoms with van der Waals surface area (Å²) in [6, 6.07) is 0. The quantitative estimate of drug-likeness (QED) is 0.691. The van der Waals surface area contributed by atoms with Crippen LogP contribution in [0.15, 0.2) is 0 Å². The Morgan fingerprint density at radius 1 is 1.46 bits per heavy atom. The number of rotatable bonds is 6. The molecular weight excluding hydrogens is 164 g/mol. The van der Waals surface area contributed by atoms with Gasteiger partial charge in [-0.15, -0.1) is 0 Å². The molecule has 0 saturated carbocycles. The van der Waals surface area contributed by atoms with Gasteiger partial charge in [0.1, 0.15) is 0 Å². The molecule has 78 valence electrons. The lowest BCUT2D eigenvalue weighted by Gasteiger charge is -2.26. The normalized spacial score (nSPS) is 14.2. The molecule has 0 rings (SSSR count). The van der Waals surface area contributed by atoms with Crippen molar-refractivity contribution in [3.63, 3.8) is 0 Å². The van der Waals surface area contributed by atoms with Crippen LogP contribution >= 0.6 is 0 Å². The van der Waals surface area contributed by atoms with Crippen molar-refractivity contribution in [2.24, 2.45) is 11.3 Å². The molecule has 0 radical (unpaired) electrons. The monoisotopic (exact) mass is 186 g/mol. The van der Waals surface area contributed by atoms with E-state index >= 15 is 0 Å². The molecule has 0 aliphatic carbocycles. The van der Waals surface area contributed by atoms with Crippen molar-refractivity contribution in [2.75, 3.05) is 0 Å². The minimum absolute atomic E-state index is 0.291. The molecule has 1 unspecified atom stereocenters. The summed E-state index contributed by atoms with van der Waals surface area (Å²) >= 11 is 0. The van der Waals surface area contributed by atoms with Gasteiger partial charge in [-0.05, 0) is 24.2 Å². The molecule has 0 aliphatic rings. The first-order chi connectivity index (χ1) is 5.87. The Bertz CT molecular complexity index is 161. The van der Waals surface area contributed by atoms with Crippen LogP contribution in [-0.2, 0) is 4.79 Å². The van der Waals surface area contributed by atoms with E-state index in [2.05, 4.69) is 20.8 Å². The molecule has 2 heteroatoms. The van der Waals surface area contributed by atoms with Gasteiger partial charge in [-0.25, -0.2) is 0 Å². The molecule has 1 N–H and O–H groups in total. The average molecular weight is 186 g/mol. The number of carboxylic acids is 1. The van der Waals surface area contributed by atoms with E-state index in [-0.39, 0.29) is 0 Å². The summed E-state index contributed by atoms with van der Waals surface area (Å²) in [7, 11) is 0. The van der Waals surface area contributed by atoms with Crippen LogP contribution in [0, 0.1) is 11.3 Å². The summed E-state index contributed by atoms with van der Waals surface area (Å²) in [6.45, 7) is 8.62. The second-order valence-electron chi connectivity index (χ2n) is 4.82. The second-order valence-corrected chi connectivity index (χ2v) is 4.82. The molecule has 0 amide bonds. The van der Waals surface area contributed by atoms with Gasteiger partial charge in [-0.1, -0.05) is 34.1 Å². The second kappa shape index (κ2) is 5.25. The molecule has 0 fully saturated rings. The van der Waals surface area contributed by atoms with Crippen LogP contribution in [0.1, 0.15) is 53.4 Å². The van der Waals surface area contributed by atoms with Crippen LogP contribution in [0.3, 0.4) is 0 Å². The predicted octanol–water partition coefficient (Wildman–Crippen LogP) is 3.31. The van der Waals surface area contributed by atoms with E-state index in [9.17, 15) is 4.79 Å². The summed E-state index contributed by atoms with van der Waals surface area (Å²) in [4.78, 5) is 10.5. The fourth-order valence-corrected chi connectivity index (χ4v) is 2.09. The standard InChI is InChI=1S/C11H22O2/c1-5-6-11(3,4)8-9(2)7-10(12)13/h9H,5-8H2,1-4H3,(H,12,13). The molecule has 2 nitrogen and oxygen atoms in total. The van der Waals surface area contributed by atoms with Gasteiger partial charge < -0.3 is 5.11 Å². The molecule has 0 heterocycles. The van der Waals surface area contributed by atoms with Crippen molar-refractivity contribution in [1.29, 1.82) is 0 Å². The molecule has 1 atom stereocenters. The lowest BCUT2D eigenvalue weighted by atomic mass is 9.79. The summed E-state index contributed by atoms with van der Waals surface area (Å²) in [6.07, 6.45) is 3.66. The molecule has 0 saturated heterocycles. The van der Waals surface area contributed by atoms with Crippen LogP contribution in [0.4, 0.5) is 0 Å². The fraction of sp³-hybridized carbons (Fsp3) is 0.909. The van der Waals surface area contributed by atoms with Gasteiger partial charge in [-0.3, -0.25) is 4.79 Å². The minimum Gasteiger partial charge on any atom is -0.481 e. The highest BCUT2D eigenvalue weighted by Crippen LogP contribution is 2.31. The van der Waals surface area contributed by atoms with Gasteiger partial charge in [0, 0.05) is 6.42 Å². The largest absolute Gasteiger partial charge is 0.481 e. The maximum absolute atomic E-state index is 10.5. The molecule has 0 aromatic rings. The van der Waals surface area contributed by atoms with Crippen LogP contribution in [-0.4, -0.2) is 11.1 Å². The fourth-order valence-electron chi connectivity index (χ4n) is 2.09. The van der Waals surface area contributed by atoms with Crippen molar-refractivity contribution in [2.45, 2.75) is 53.4 Å². The van der Waals surface area contributed by atoms with E-state index in [0.717, 1.165) is 6.42 Å². The molecule has 0 spiro atoms. The first kappa shape index (κ1) is 12.5. The summed E-state index contributed by atoms with van der Waals surface area (Å²) < 4.78 is 0. The van der Waals surface area contributed by atoms with Crippen LogP contribution < -0.4 is 0 Å². The lowest BCUT2D eigenvalue weighted by Crippen LogP contribution is -2.17. The molecule has 0 bridgehead atoms. The van der Waals surface area contributed by atoms with Crippen molar-refractivity contribution in [3.05, 3.63) is 0 Å². The number of aliphatic carboxylic acids is 1. The average Bonchev–Trinajstić information content (AvgIpc) is 1.81. The van der Waals surface area contributed by atoms with Gasteiger partial charge in [0.25, 0.3) is 0 Å². The summed E-state index contributed by atoms with van der Waals surface area (Å²) in [5, 5.41) is 8.61. The zero-order valence-electron chi connectivity index (χ0n) is 9.26. The maximum atomic E-state index is 10.5. The Labute approximate surface area is 81.3 Å². The Hall–Kier alpha value is -0.530. The smallest absolute Gasteiger partial charge is 0.303 e. The highest BCUT2D eigenvalue weighted by molar-refractivity contribution is 5.66. The van der Waals surface area contributed by atoms with Crippen LogP contribution in [0.2, 0.25) is 0 Å². The third-order valence-corrected chi connectivity index (χ3v) is 2.35. The number of carboxylic acid groups (broad SMARTS) is 1. The van der Waals surface area contributed by atoms with E-state index in [1.54, 1.807) is 0 Å². The van der Waals surface area contributed by atoms with E-state index in [4.69, 9.17) is 5.11 Å². The molecule has 0 aliphatic heterocycles. The summed E-state index contributed by atoms with van der Waals surface area (Å²) in [5.41, 5.74) is 0.295. The predicted molar refractivity (Wildman–Crippen MR) is 54.7 cm³/mol. The lowest BCUT2D eigenvalue weighted by molar-refractivity contribution is -0.138. The highest BCUT2D eigenvalue weighted by Gasteiger charge is 2.21. The van der Waals surface area contributed by atoms with Gasteiger partial charge in [0.05, 0.1) is 0 Å². The van der Waals surface area contributed by atoms with Gasteiger partial charge >= 0.3 is 5.97 Å².